The number of rotatable bonds is 2. The highest BCUT2D eigenvalue weighted by atomic mass is 19.4. The minimum atomic E-state index is -4.48. The van der Waals surface area contributed by atoms with Crippen molar-refractivity contribution in [3.8, 4) is 0 Å². The van der Waals surface area contributed by atoms with E-state index in [0.717, 1.165) is 24.3 Å². The minimum absolute atomic E-state index is 0.0194. The van der Waals surface area contributed by atoms with Gasteiger partial charge in [0.2, 0.25) is 5.78 Å². The van der Waals surface area contributed by atoms with Crippen LogP contribution in [0.3, 0.4) is 0 Å². The minimum Gasteiger partial charge on any atom is -0.463 e. The van der Waals surface area contributed by atoms with Gasteiger partial charge in [0, 0.05) is 13.1 Å². The van der Waals surface area contributed by atoms with Gasteiger partial charge in [-0.3, -0.25) is 4.79 Å². The SMILES string of the molecule is CN1CC=C(C2OC(N)=C(c3cccc(C(F)(F)F)c3)C2=O)CC1. The van der Waals surface area contributed by atoms with Crippen molar-refractivity contribution in [2.45, 2.75) is 18.7 Å². The lowest BCUT2D eigenvalue weighted by Gasteiger charge is -2.24. The van der Waals surface area contributed by atoms with Crippen LogP contribution in [-0.4, -0.2) is 36.9 Å². The summed E-state index contributed by atoms with van der Waals surface area (Å²) in [5, 5.41) is 0. The molecule has 0 spiro atoms. The van der Waals surface area contributed by atoms with Crippen LogP contribution in [0.2, 0.25) is 0 Å². The predicted octanol–water partition coefficient (Wildman–Crippen LogP) is 2.56. The first-order chi connectivity index (χ1) is 11.3. The Labute approximate surface area is 137 Å². The van der Waals surface area contributed by atoms with Gasteiger partial charge in [0.25, 0.3) is 0 Å². The van der Waals surface area contributed by atoms with Gasteiger partial charge in [-0.1, -0.05) is 18.2 Å². The molecule has 0 aromatic heterocycles. The standard InChI is InChI=1S/C17H17F3N2O2/c1-22-7-5-10(6-8-22)15-14(23)13(16(21)24-15)11-3-2-4-12(9-11)17(18,19)20/h2-5,9,15H,6-8,21H2,1H3. The molecule has 1 aromatic rings. The summed E-state index contributed by atoms with van der Waals surface area (Å²) in [5.41, 5.74) is 5.95. The molecular weight excluding hydrogens is 321 g/mol. The Hall–Kier alpha value is -2.28. The molecule has 0 fully saturated rings. The monoisotopic (exact) mass is 338 g/mol. The Bertz CT molecular complexity index is 738. The van der Waals surface area contributed by atoms with E-state index in [4.69, 9.17) is 10.5 Å². The second-order valence-corrected chi connectivity index (χ2v) is 5.97. The average Bonchev–Trinajstić information content (AvgIpc) is 2.82. The van der Waals surface area contributed by atoms with Gasteiger partial charge in [0.1, 0.15) is 0 Å². The maximum absolute atomic E-state index is 12.9. The van der Waals surface area contributed by atoms with Crippen molar-refractivity contribution in [1.82, 2.24) is 4.90 Å². The van der Waals surface area contributed by atoms with Gasteiger partial charge >= 0.3 is 6.18 Å². The molecule has 128 valence electrons. The summed E-state index contributed by atoms with van der Waals surface area (Å²) in [4.78, 5) is 14.8. The number of benzene rings is 1. The molecule has 1 atom stereocenters. The van der Waals surface area contributed by atoms with Crippen LogP contribution in [0.1, 0.15) is 17.5 Å². The van der Waals surface area contributed by atoms with Crippen LogP contribution in [0.4, 0.5) is 13.2 Å². The first kappa shape index (κ1) is 16.6. The zero-order chi connectivity index (χ0) is 17.5. The highest BCUT2D eigenvalue weighted by Gasteiger charge is 2.38. The maximum atomic E-state index is 12.9. The van der Waals surface area contributed by atoms with Gasteiger partial charge in [-0.2, -0.15) is 13.2 Å². The Balaban J connectivity index is 1.90. The lowest BCUT2D eigenvalue weighted by Crippen LogP contribution is -2.30. The molecule has 1 unspecified atom stereocenters. The summed E-state index contributed by atoms with van der Waals surface area (Å²) in [6.07, 6.45) is -2.74. The number of nitrogens with two attached hydrogens (primary N) is 1. The summed E-state index contributed by atoms with van der Waals surface area (Å²) < 4.78 is 44.1. The molecule has 2 aliphatic heterocycles. The molecule has 0 bridgehead atoms. The van der Waals surface area contributed by atoms with Crippen LogP contribution in [0, 0.1) is 0 Å². The third-order valence-corrected chi connectivity index (χ3v) is 4.24. The zero-order valence-electron chi connectivity index (χ0n) is 13.1. The molecule has 0 amide bonds. The Morgan fingerprint density at radius 3 is 2.71 bits per heavy atom. The molecule has 4 nitrogen and oxygen atoms in total. The van der Waals surface area contributed by atoms with E-state index in [1.807, 2.05) is 13.1 Å². The Kier molecular flexibility index (Phi) is 4.13. The number of hydrogen-bond acceptors (Lipinski definition) is 4. The molecule has 7 heteroatoms. The number of halogens is 3. The summed E-state index contributed by atoms with van der Waals surface area (Å²) >= 11 is 0. The van der Waals surface area contributed by atoms with E-state index in [9.17, 15) is 18.0 Å². The number of carbonyl (C=O) groups is 1. The molecule has 2 heterocycles. The van der Waals surface area contributed by atoms with Crippen molar-refractivity contribution in [3.63, 3.8) is 0 Å². The molecule has 0 aliphatic carbocycles. The van der Waals surface area contributed by atoms with E-state index < -0.39 is 17.8 Å². The summed E-state index contributed by atoms with van der Waals surface area (Å²) in [6.45, 7) is 1.49. The average molecular weight is 338 g/mol. The van der Waals surface area contributed by atoms with Crippen LogP contribution in [-0.2, 0) is 15.7 Å². The van der Waals surface area contributed by atoms with Crippen molar-refractivity contribution in [1.29, 1.82) is 0 Å². The molecule has 1 aromatic carbocycles. The quantitative estimate of drug-likeness (QED) is 0.842. The first-order valence-electron chi connectivity index (χ1n) is 7.53. The van der Waals surface area contributed by atoms with E-state index in [-0.39, 0.29) is 22.8 Å². The highest BCUT2D eigenvalue weighted by Crippen LogP contribution is 2.35. The van der Waals surface area contributed by atoms with Crippen molar-refractivity contribution in [2.75, 3.05) is 20.1 Å². The fourth-order valence-corrected chi connectivity index (χ4v) is 2.90. The highest BCUT2D eigenvalue weighted by molar-refractivity contribution is 6.26. The van der Waals surface area contributed by atoms with Crippen molar-refractivity contribution >= 4 is 11.4 Å². The van der Waals surface area contributed by atoms with Crippen LogP contribution in [0.15, 0.2) is 41.8 Å². The smallest absolute Gasteiger partial charge is 0.416 e. The van der Waals surface area contributed by atoms with Crippen LogP contribution in [0.5, 0.6) is 0 Å². The van der Waals surface area contributed by atoms with E-state index in [1.165, 1.54) is 12.1 Å². The molecule has 0 saturated carbocycles. The van der Waals surface area contributed by atoms with Crippen molar-refractivity contribution in [2.24, 2.45) is 5.73 Å². The normalized spacial score (nSPS) is 22.6. The van der Waals surface area contributed by atoms with Crippen molar-refractivity contribution < 1.29 is 22.7 Å². The van der Waals surface area contributed by atoms with Gasteiger partial charge in [0.05, 0.1) is 11.1 Å². The van der Waals surface area contributed by atoms with E-state index in [1.54, 1.807) is 0 Å². The van der Waals surface area contributed by atoms with E-state index >= 15 is 0 Å². The molecule has 0 radical (unpaired) electrons. The fraction of sp³-hybridized carbons (Fsp3) is 0.353. The topological polar surface area (TPSA) is 55.6 Å². The molecule has 0 saturated heterocycles. The van der Waals surface area contributed by atoms with E-state index in [2.05, 4.69) is 4.90 Å². The molecule has 3 rings (SSSR count). The van der Waals surface area contributed by atoms with Gasteiger partial charge in [-0.15, -0.1) is 0 Å². The number of ether oxygens (including phenoxy) is 1. The number of nitrogens with zero attached hydrogens (tertiary/aromatic N) is 1. The second-order valence-electron chi connectivity index (χ2n) is 5.97. The van der Waals surface area contributed by atoms with Crippen LogP contribution >= 0.6 is 0 Å². The lowest BCUT2D eigenvalue weighted by atomic mass is 9.93. The number of likely N-dealkylation sites (N-methyl/N-ethyl adjacent to an activating group) is 1. The van der Waals surface area contributed by atoms with Gasteiger partial charge < -0.3 is 15.4 Å². The Morgan fingerprint density at radius 2 is 2.08 bits per heavy atom. The number of hydrogen-bond donors (Lipinski definition) is 1. The molecule has 24 heavy (non-hydrogen) atoms. The zero-order valence-corrected chi connectivity index (χ0v) is 13.1. The van der Waals surface area contributed by atoms with Crippen LogP contribution < -0.4 is 5.73 Å². The lowest BCUT2D eigenvalue weighted by molar-refractivity contribution is -0.137. The summed E-state index contributed by atoms with van der Waals surface area (Å²) in [6, 6.07) is 4.57. The van der Waals surface area contributed by atoms with Crippen LogP contribution in [0.25, 0.3) is 5.57 Å². The number of Topliss-reactive ketones (excluding diaryl/α,β-unsaturated/α-hetero) is 1. The molecule has 2 aliphatic rings. The largest absolute Gasteiger partial charge is 0.463 e. The predicted molar refractivity (Wildman–Crippen MR) is 82.6 cm³/mol. The van der Waals surface area contributed by atoms with Gasteiger partial charge in [-0.25, -0.2) is 0 Å². The second kappa shape index (κ2) is 5.98. The summed E-state index contributed by atoms with van der Waals surface area (Å²) in [5.74, 6) is -0.508. The first-order valence-corrected chi connectivity index (χ1v) is 7.53. The fourth-order valence-electron chi connectivity index (χ4n) is 2.90. The number of ketones is 1. The Morgan fingerprint density at radius 1 is 1.33 bits per heavy atom. The van der Waals surface area contributed by atoms with Crippen molar-refractivity contribution in [3.05, 3.63) is 52.9 Å². The molecule has 2 N–H and O–H groups in total. The number of carbonyl (C=O) groups excluding carboxylic acids is 1. The van der Waals surface area contributed by atoms with E-state index in [0.29, 0.717) is 13.0 Å². The maximum Gasteiger partial charge on any atom is 0.416 e. The van der Waals surface area contributed by atoms with Gasteiger partial charge in [-0.05, 0) is 36.7 Å². The third-order valence-electron chi connectivity index (χ3n) is 4.24. The summed E-state index contributed by atoms with van der Waals surface area (Å²) in [7, 11) is 1.96. The third kappa shape index (κ3) is 3.03. The molecular formula is C17H17F3N2O2. The van der Waals surface area contributed by atoms with Gasteiger partial charge in [0.15, 0.2) is 12.0 Å². The number of alkyl halides is 3.